The molecule has 5 heteroatoms. The molecule has 150 valence electrons. The lowest BCUT2D eigenvalue weighted by atomic mass is 10.0. The number of amides is 1. The van der Waals surface area contributed by atoms with Crippen molar-refractivity contribution in [1.82, 2.24) is 15.1 Å². The highest BCUT2D eigenvalue weighted by Crippen LogP contribution is 2.22. The van der Waals surface area contributed by atoms with Crippen LogP contribution in [0.25, 0.3) is 11.1 Å². The Balaban J connectivity index is 1.47. The molecule has 28 heavy (non-hydrogen) atoms. The number of halogens is 1. The van der Waals surface area contributed by atoms with Gasteiger partial charge in [0, 0.05) is 32.7 Å². The van der Waals surface area contributed by atoms with Crippen LogP contribution in [0, 0.1) is 12.7 Å². The number of likely N-dealkylation sites (N-methyl/N-ethyl adjacent to an activating group) is 1. The molecule has 0 atom stereocenters. The van der Waals surface area contributed by atoms with Crippen LogP contribution in [0.4, 0.5) is 4.39 Å². The summed E-state index contributed by atoms with van der Waals surface area (Å²) in [7, 11) is 0. The molecule has 0 aromatic heterocycles. The average Bonchev–Trinajstić information content (AvgIpc) is 2.72. The van der Waals surface area contributed by atoms with Gasteiger partial charge < -0.3 is 15.1 Å². The van der Waals surface area contributed by atoms with Crippen LogP contribution in [0.1, 0.15) is 29.3 Å². The molecule has 1 heterocycles. The first-order chi connectivity index (χ1) is 13.6. The molecule has 3 rings (SSSR count). The van der Waals surface area contributed by atoms with Crippen LogP contribution in [-0.2, 0) is 0 Å². The Morgan fingerprint density at radius 1 is 1.00 bits per heavy atom. The van der Waals surface area contributed by atoms with Crippen molar-refractivity contribution in [2.45, 2.75) is 20.3 Å². The Morgan fingerprint density at radius 2 is 1.64 bits per heavy atom. The highest BCUT2D eigenvalue weighted by molar-refractivity contribution is 5.95. The van der Waals surface area contributed by atoms with Crippen molar-refractivity contribution in [2.75, 3.05) is 45.8 Å². The summed E-state index contributed by atoms with van der Waals surface area (Å²) in [5.74, 6) is -0.824. The number of carbonyl (C=O) groups is 1. The van der Waals surface area contributed by atoms with Crippen LogP contribution >= 0.6 is 0 Å². The molecule has 0 unspecified atom stereocenters. The average molecular weight is 384 g/mol. The van der Waals surface area contributed by atoms with E-state index in [4.69, 9.17) is 0 Å². The Hall–Kier alpha value is -2.24. The summed E-state index contributed by atoms with van der Waals surface area (Å²) in [5, 5.41) is 2.85. The molecule has 0 saturated carbocycles. The summed E-state index contributed by atoms with van der Waals surface area (Å²) < 4.78 is 14.5. The smallest absolute Gasteiger partial charge is 0.254 e. The molecule has 1 aliphatic rings. The second-order valence-corrected chi connectivity index (χ2v) is 7.45. The Labute approximate surface area is 167 Å². The normalized spacial score (nSPS) is 15.5. The van der Waals surface area contributed by atoms with E-state index in [0.29, 0.717) is 6.54 Å². The number of nitrogens with zero attached hydrogens (tertiary/aromatic N) is 2. The van der Waals surface area contributed by atoms with Crippen molar-refractivity contribution in [1.29, 1.82) is 0 Å². The lowest BCUT2D eigenvalue weighted by molar-refractivity contribution is 0.0944. The number of hydrogen-bond donors (Lipinski definition) is 1. The topological polar surface area (TPSA) is 35.6 Å². The number of benzene rings is 2. The van der Waals surface area contributed by atoms with Crippen LogP contribution in [0.2, 0.25) is 0 Å². The zero-order valence-electron chi connectivity index (χ0n) is 16.9. The zero-order chi connectivity index (χ0) is 19.9. The number of carbonyl (C=O) groups excluding carboxylic acids is 1. The lowest BCUT2D eigenvalue weighted by Crippen LogP contribution is -2.46. The summed E-state index contributed by atoms with van der Waals surface area (Å²) >= 11 is 0. The summed E-state index contributed by atoms with van der Waals surface area (Å²) in [6.45, 7) is 11.2. The second kappa shape index (κ2) is 9.80. The first kappa shape index (κ1) is 20.5. The number of aryl methyl sites for hydroxylation is 1. The number of nitrogens with one attached hydrogen (secondary N) is 1. The number of piperazine rings is 1. The van der Waals surface area contributed by atoms with Gasteiger partial charge in [-0.25, -0.2) is 4.39 Å². The minimum Gasteiger partial charge on any atom is -0.352 e. The minimum atomic E-state index is -0.480. The summed E-state index contributed by atoms with van der Waals surface area (Å²) in [6.07, 6.45) is 0.876. The molecule has 1 aliphatic heterocycles. The maximum Gasteiger partial charge on any atom is 0.254 e. The second-order valence-electron chi connectivity index (χ2n) is 7.45. The van der Waals surface area contributed by atoms with Gasteiger partial charge in [-0.1, -0.05) is 42.8 Å². The zero-order valence-corrected chi connectivity index (χ0v) is 16.9. The van der Waals surface area contributed by atoms with Crippen LogP contribution in [0.15, 0.2) is 42.5 Å². The van der Waals surface area contributed by atoms with Gasteiger partial charge in [0.2, 0.25) is 0 Å². The fraction of sp³-hybridized carbons (Fsp3) is 0.435. The van der Waals surface area contributed by atoms with Gasteiger partial charge in [-0.15, -0.1) is 0 Å². The molecule has 1 N–H and O–H groups in total. The van der Waals surface area contributed by atoms with E-state index in [-0.39, 0.29) is 11.5 Å². The van der Waals surface area contributed by atoms with Gasteiger partial charge in [0.1, 0.15) is 5.82 Å². The predicted octanol–water partition coefficient (Wildman–Crippen LogP) is 3.56. The Bertz CT molecular complexity index is 783. The molecule has 0 spiro atoms. The summed E-state index contributed by atoms with van der Waals surface area (Å²) in [5.41, 5.74) is 2.99. The van der Waals surface area contributed by atoms with E-state index in [1.165, 1.54) is 6.07 Å². The molecule has 2 aromatic rings. The number of rotatable bonds is 7. The highest BCUT2D eigenvalue weighted by atomic mass is 19.1. The van der Waals surface area contributed by atoms with E-state index < -0.39 is 5.82 Å². The van der Waals surface area contributed by atoms with Gasteiger partial charge in [-0.2, -0.15) is 0 Å². The molecule has 0 radical (unpaired) electrons. The molecule has 1 amide bonds. The quantitative estimate of drug-likeness (QED) is 0.743. The highest BCUT2D eigenvalue weighted by Gasteiger charge is 2.15. The third-order valence-corrected chi connectivity index (χ3v) is 5.45. The third-order valence-electron chi connectivity index (χ3n) is 5.45. The monoisotopic (exact) mass is 383 g/mol. The summed E-state index contributed by atoms with van der Waals surface area (Å²) in [4.78, 5) is 17.2. The van der Waals surface area contributed by atoms with Crippen LogP contribution in [0.5, 0.6) is 0 Å². The molecule has 0 bridgehead atoms. The van der Waals surface area contributed by atoms with Crippen molar-refractivity contribution in [3.05, 3.63) is 59.4 Å². The van der Waals surface area contributed by atoms with E-state index in [1.54, 1.807) is 12.1 Å². The largest absolute Gasteiger partial charge is 0.352 e. The first-order valence-electron chi connectivity index (χ1n) is 10.2. The van der Waals surface area contributed by atoms with Crippen molar-refractivity contribution in [2.24, 2.45) is 0 Å². The van der Waals surface area contributed by atoms with Gasteiger partial charge in [-0.3, -0.25) is 4.79 Å². The van der Waals surface area contributed by atoms with E-state index in [1.807, 2.05) is 31.2 Å². The Kier molecular flexibility index (Phi) is 7.18. The van der Waals surface area contributed by atoms with Gasteiger partial charge in [0.05, 0.1) is 5.56 Å². The standard InChI is InChI=1S/C23H30FN3O/c1-3-26-13-15-27(16-14-26)12-4-11-25-23(28)21-10-9-20(17-22(21)24)19-7-5-18(2)6-8-19/h5-10,17H,3-4,11-16H2,1-2H3,(H,25,28). The van der Waals surface area contributed by atoms with E-state index in [9.17, 15) is 9.18 Å². The molecule has 0 aliphatic carbocycles. The van der Waals surface area contributed by atoms with Gasteiger partial charge >= 0.3 is 0 Å². The maximum atomic E-state index is 14.5. The van der Waals surface area contributed by atoms with Gasteiger partial charge in [-0.05, 0) is 49.7 Å². The van der Waals surface area contributed by atoms with Crippen LogP contribution in [-0.4, -0.2) is 61.5 Å². The lowest BCUT2D eigenvalue weighted by Gasteiger charge is -2.33. The van der Waals surface area contributed by atoms with E-state index in [0.717, 1.165) is 62.4 Å². The van der Waals surface area contributed by atoms with Crippen molar-refractivity contribution in [3.63, 3.8) is 0 Å². The van der Waals surface area contributed by atoms with Gasteiger partial charge in [0.25, 0.3) is 5.91 Å². The molecular weight excluding hydrogens is 353 g/mol. The van der Waals surface area contributed by atoms with Crippen molar-refractivity contribution >= 4 is 5.91 Å². The number of hydrogen-bond acceptors (Lipinski definition) is 3. The molecule has 1 saturated heterocycles. The maximum absolute atomic E-state index is 14.5. The molecule has 4 nitrogen and oxygen atoms in total. The van der Waals surface area contributed by atoms with Crippen molar-refractivity contribution < 1.29 is 9.18 Å². The Morgan fingerprint density at radius 3 is 2.29 bits per heavy atom. The van der Waals surface area contributed by atoms with Gasteiger partial charge in [0.15, 0.2) is 0 Å². The molecular formula is C23H30FN3O. The van der Waals surface area contributed by atoms with Crippen molar-refractivity contribution in [3.8, 4) is 11.1 Å². The SMILES string of the molecule is CCN1CCN(CCCNC(=O)c2ccc(-c3ccc(C)cc3)cc2F)CC1. The minimum absolute atomic E-state index is 0.104. The third kappa shape index (κ3) is 5.40. The van der Waals surface area contributed by atoms with Crippen LogP contribution in [0.3, 0.4) is 0 Å². The van der Waals surface area contributed by atoms with Crippen LogP contribution < -0.4 is 5.32 Å². The predicted molar refractivity (Wildman–Crippen MR) is 112 cm³/mol. The first-order valence-corrected chi connectivity index (χ1v) is 10.2. The fourth-order valence-electron chi connectivity index (χ4n) is 3.55. The fourth-order valence-corrected chi connectivity index (χ4v) is 3.55. The van der Waals surface area contributed by atoms with E-state index in [2.05, 4.69) is 22.0 Å². The van der Waals surface area contributed by atoms with E-state index >= 15 is 0 Å². The molecule has 2 aromatic carbocycles. The molecule has 1 fully saturated rings. The summed E-state index contributed by atoms with van der Waals surface area (Å²) in [6, 6.07) is 12.7.